The lowest BCUT2D eigenvalue weighted by atomic mass is 9.84. The molecule has 2 rings (SSSR count). The summed E-state index contributed by atoms with van der Waals surface area (Å²) in [5, 5.41) is 0. The number of pyridine rings is 1. The molecular formula is C16H27N3. The SMILES string of the molecule is CN1CCN(CCc2ccncc2)CC1C(C)(C)C. The zero-order valence-corrected chi connectivity index (χ0v) is 12.8. The molecule has 106 valence electrons. The van der Waals surface area contributed by atoms with E-state index in [-0.39, 0.29) is 0 Å². The van der Waals surface area contributed by atoms with E-state index in [2.05, 4.69) is 54.7 Å². The van der Waals surface area contributed by atoms with Gasteiger partial charge in [0.15, 0.2) is 0 Å². The molecule has 1 atom stereocenters. The van der Waals surface area contributed by atoms with Crippen LogP contribution in [0.3, 0.4) is 0 Å². The van der Waals surface area contributed by atoms with Crippen LogP contribution in [0.4, 0.5) is 0 Å². The first-order valence-electron chi connectivity index (χ1n) is 7.28. The molecule has 0 amide bonds. The van der Waals surface area contributed by atoms with Crippen molar-refractivity contribution < 1.29 is 0 Å². The normalized spacial score (nSPS) is 22.6. The zero-order valence-electron chi connectivity index (χ0n) is 12.8. The summed E-state index contributed by atoms with van der Waals surface area (Å²) in [4.78, 5) is 9.20. The number of likely N-dealkylation sites (N-methyl/N-ethyl adjacent to an activating group) is 1. The van der Waals surface area contributed by atoms with Crippen molar-refractivity contribution in [3.05, 3.63) is 30.1 Å². The molecule has 1 fully saturated rings. The molecule has 1 aromatic rings. The third-order valence-corrected chi connectivity index (χ3v) is 4.20. The Hall–Kier alpha value is -0.930. The van der Waals surface area contributed by atoms with Gasteiger partial charge in [-0.3, -0.25) is 4.98 Å². The minimum atomic E-state index is 0.351. The lowest BCUT2D eigenvalue weighted by Crippen LogP contribution is -2.56. The molecule has 0 aromatic carbocycles. The molecule has 0 aliphatic carbocycles. The van der Waals surface area contributed by atoms with Crippen LogP contribution < -0.4 is 0 Å². The highest BCUT2D eigenvalue weighted by molar-refractivity contribution is 5.10. The Morgan fingerprint density at radius 3 is 2.53 bits per heavy atom. The standard InChI is InChI=1S/C16H27N3/c1-16(2,3)15-13-19(12-11-18(15)4)10-7-14-5-8-17-9-6-14/h5-6,8-9,15H,7,10-13H2,1-4H3. The predicted molar refractivity (Wildman–Crippen MR) is 80.3 cm³/mol. The Morgan fingerprint density at radius 2 is 1.89 bits per heavy atom. The van der Waals surface area contributed by atoms with Crippen molar-refractivity contribution in [3.8, 4) is 0 Å². The molecule has 19 heavy (non-hydrogen) atoms. The number of aromatic nitrogens is 1. The maximum Gasteiger partial charge on any atom is 0.0270 e. The Balaban J connectivity index is 1.88. The topological polar surface area (TPSA) is 19.4 Å². The fraction of sp³-hybridized carbons (Fsp3) is 0.688. The minimum absolute atomic E-state index is 0.351. The lowest BCUT2D eigenvalue weighted by Gasteiger charge is -2.45. The van der Waals surface area contributed by atoms with E-state index in [9.17, 15) is 0 Å². The molecule has 1 unspecified atom stereocenters. The van der Waals surface area contributed by atoms with Gasteiger partial charge in [-0.2, -0.15) is 0 Å². The Labute approximate surface area is 117 Å². The summed E-state index contributed by atoms with van der Waals surface area (Å²) in [5.41, 5.74) is 1.74. The van der Waals surface area contributed by atoms with Gasteiger partial charge in [-0.15, -0.1) is 0 Å². The third-order valence-electron chi connectivity index (χ3n) is 4.20. The summed E-state index contributed by atoms with van der Waals surface area (Å²) >= 11 is 0. The van der Waals surface area contributed by atoms with Crippen LogP contribution in [0.15, 0.2) is 24.5 Å². The summed E-state index contributed by atoms with van der Waals surface area (Å²) in [6.45, 7) is 11.8. The maximum absolute atomic E-state index is 4.07. The predicted octanol–water partition coefficient (Wildman–Crippen LogP) is 2.29. The van der Waals surface area contributed by atoms with Gasteiger partial charge in [0, 0.05) is 44.6 Å². The van der Waals surface area contributed by atoms with Crippen molar-refractivity contribution in [1.82, 2.24) is 14.8 Å². The van der Waals surface area contributed by atoms with Gasteiger partial charge in [0.1, 0.15) is 0 Å². The van der Waals surface area contributed by atoms with E-state index in [4.69, 9.17) is 0 Å². The molecule has 0 bridgehead atoms. The summed E-state index contributed by atoms with van der Waals surface area (Å²) in [7, 11) is 2.26. The average molecular weight is 261 g/mol. The van der Waals surface area contributed by atoms with E-state index < -0.39 is 0 Å². The van der Waals surface area contributed by atoms with Gasteiger partial charge in [-0.25, -0.2) is 0 Å². The van der Waals surface area contributed by atoms with Crippen molar-refractivity contribution in [2.45, 2.75) is 33.2 Å². The van der Waals surface area contributed by atoms with Crippen molar-refractivity contribution in [2.75, 3.05) is 33.2 Å². The Bertz CT molecular complexity index is 383. The summed E-state index contributed by atoms with van der Waals surface area (Å²) in [6, 6.07) is 4.90. The first-order valence-corrected chi connectivity index (χ1v) is 7.28. The molecule has 0 saturated carbocycles. The third kappa shape index (κ3) is 4.02. The molecule has 1 aliphatic heterocycles. The van der Waals surface area contributed by atoms with Crippen LogP contribution in [0.25, 0.3) is 0 Å². The van der Waals surface area contributed by atoms with E-state index in [0.29, 0.717) is 11.5 Å². The van der Waals surface area contributed by atoms with Crippen molar-refractivity contribution in [1.29, 1.82) is 0 Å². The number of hydrogen-bond donors (Lipinski definition) is 0. The van der Waals surface area contributed by atoms with Crippen LogP contribution in [0, 0.1) is 5.41 Å². The summed E-state index contributed by atoms with van der Waals surface area (Å²) in [6.07, 6.45) is 4.90. The van der Waals surface area contributed by atoms with Crippen molar-refractivity contribution >= 4 is 0 Å². The lowest BCUT2D eigenvalue weighted by molar-refractivity contribution is 0.0343. The van der Waals surface area contributed by atoms with Crippen LogP contribution in [0.2, 0.25) is 0 Å². The molecule has 3 heteroatoms. The van der Waals surface area contributed by atoms with Crippen molar-refractivity contribution in [2.24, 2.45) is 5.41 Å². The highest BCUT2D eigenvalue weighted by atomic mass is 15.3. The van der Waals surface area contributed by atoms with Gasteiger partial charge in [0.25, 0.3) is 0 Å². The highest BCUT2D eigenvalue weighted by Crippen LogP contribution is 2.26. The number of piperazine rings is 1. The van der Waals surface area contributed by atoms with Crippen LogP contribution in [-0.2, 0) is 6.42 Å². The molecule has 0 radical (unpaired) electrons. The van der Waals surface area contributed by atoms with Crippen LogP contribution >= 0.6 is 0 Å². The van der Waals surface area contributed by atoms with Crippen LogP contribution in [0.1, 0.15) is 26.3 Å². The molecule has 1 aliphatic rings. The van der Waals surface area contributed by atoms with E-state index in [1.807, 2.05) is 12.4 Å². The Morgan fingerprint density at radius 1 is 1.21 bits per heavy atom. The van der Waals surface area contributed by atoms with Crippen LogP contribution in [-0.4, -0.2) is 54.1 Å². The van der Waals surface area contributed by atoms with Gasteiger partial charge < -0.3 is 9.80 Å². The van der Waals surface area contributed by atoms with Gasteiger partial charge in [-0.1, -0.05) is 20.8 Å². The fourth-order valence-corrected chi connectivity index (χ4v) is 2.91. The molecular weight excluding hydrogens is 234 g/mol. The van der Waals surface area contributed by atoms with E-state index in [0.717, 1.165) is 13.0 Å². The van der Waals surface area contributed by atoms with Gasteiger partial charge in [0.05, 0.1) is 0 Å². The molecule has 2 heterocycles. The average Bonchev–Trinajstić information content (AvgIpc) is 2.37. The maximum atomic E-state index is 4.07. The molecule has 1 saturated heterocycles. The van der Waals surface area contributed by atoms with Gasteiger partial charge in [0.2, 0.25) is 0 Å². The van der Waals surface area contributed by atoms with E-state index in [1.165, 1.54) is 25.2 Å². The fourth-order valence-electron chi connectivity index (χ4n) is 2.91. The highest BCUT2D eigenvalue weighted by Gasteiger charge is 2.32. The zero-order chi connectivity index (χ0) is 13.9. The van der Waals surface area contributed by atoms with Gasteiger partial charge >= 0.3 is 0 Å². The summed E-state index contributed by atoms with van der Waals surface area (Å²) < 4.78 is 0. The van der Waals surface area contributed by atoms with Gasteiger partial charge in [-0.05, 0) is 36.6 Å². The quantitative estimate of drug-likeness (QED) is 0.832. The Kier molecular flexibility index (Phi) is 4.58. The first-order chi connectivity index (χ1) is 8.97. The second kappa shape index (κ2) is 6.02. The molecule has 0 spiro atoms. The smallest absolute Gasteiger partial charge is 0.0270 e. The molecule has 0 N–H and O–H groups in total. The van der Waals surface area contributed by atoms with Crippen molar-refractivity contribution in [3.63, 3.8) is 0 Å². The second-order valence-corrected chi connectivity index (χ2v) is 6.77. The number of nitrogens with zero attached hydrogens (tertiary/aromatic N) is 3. The van der Waals surface area contributed by atoms with E-state index >= 15 is 0 Å². The minimum Gasteiger partial charge on any atom is -0.300 e. The first kappa shape index (κ1) is 14.5. The number of rotatable bonds is 3. The largest absolute Gasteiger partial charge is 0.300 e. The summed E-state index contributed by atoms with van der Waals surface area (Å²) in [5.74, 6) is 0. The molecule has 3 nitrogen and oxygen atoms in total. The molecule has 1 aromatic heterocycles. The number of hydrogen-bond acceptors (Lipinski definition) is 3. The second-order valence-electron chi connectivity index (χ2n) is 6.77. The van der Waals surface area contributed by atoms with E-state index in [1.54, 1.807) is 0 Å². The van der Waals surface area contributed by atoms with Crippen LogP contribution in [0.5, 0.6) is 0 Å². The monoisotopic (exact) mass is 261 g/mol.